The van der Waals surface area contributed by atoms with Crippen LogP contribution in [-0.4, -0.2) is 44.5 Å². The van der Waals surface area contributed by atoms with Crippen molar-refractivity contribution in [3.63, 3.8) is 0 Å². The van der Waals surface area contributed by atoms with Crippen molar-refractivity contribution >= 4 is 31.6 Å². The van der Waals surface area contributed by atoms with Gasteiger partial charge in [-0.3, -0.25) is 10.1 Å². The lowest BCUT2D eigenvalue weighted by Crippen LogP contribution is -2.34. The number of nitro benzene ring substituents is 1. The van der Waals surface area contributed by atoms with E-state index in [0.717, 1.165) is 10.4 Å². The molecule has 0 aliphatic heterocycles. The summed E-state index contributed by atoms with van der Waals surface area (Å²) in [7, 11) is -2.53. The molecule has 0 radical (unpaired) electrons. The van der Waals surface area contributed by atoms with Crippen molar-refractivity contribution < 1.29 is 18.1 Å². The fourth-order valence-corrected chi connectivity index (χ4v) is 3.79. The molecule has 0 bridgehead atoms. The van der Waals surface area contributed by atoms with Gasteiger partial charge < -0.3 is 4.74 Å². The highest BCUT2D eigenvalue weighted by Crippen LogP contribution is 2.26. The summed E-state index contributed by atoms with van der Waals surface area (Å²) >= 11 is 3.06. The Morgan fingerprint density at radius 1 is 1.41 bits per heavy atom. The lowest BCUT2D eigenvalue weighted by atomic mass is 10.3. The first-order chi connectivity index (χ1) is 10.3. The number of methoxy groups -OCH3 is 1. The molecule has 0 atom stereocenters. The van der Waals surface area contributed by atoms with Gasteiger partial charge in [-0.1, -0.05) is 15.9 Å². The van der Waals surface area contributed by atoms with Crippen LogP contribution in [0, 0.1) is 21.4 Å². The molecule has 0 saturated carbocycles. The lowest BCUT2D eigenvalue weighted by molar-refractivity contribution is -0.385. The van der Waals surface area contributed by atoms with Gasteiger partial charge >= 0.3 is 0 Å². The van der Waals surface area contributed by atoms with Gasteiger partial charge in [-0.15, -0.1) is 0 Å². The molecule has 0 fully saturated rings. The summed E-state index contributed by atoms with van der Waals surface area (Å²) < 4.78 is 31.4. The van der Waals surface area contributed by atoms with E-state index >= 15 is 0 Å². The topological polar surface area (TPSA) is 114 Å². The average molecular weight is 392 g/mol. The Morgan fingerprint density at radius 3 is 2.64 bits per heavy atom. The fraction of sp³-hybridized carbons (Fsp3) is 0.417. The van der Waals surface area contributed by atoms with Gasteiger partial charge in [0.2, 0.25) is 10.0 Å². The molecule has 8 nitrogen and oxygen atoms in total. The standard InChI is InChI=1S/C12H14BrN3O5S/c1-21-6-5-15(4-2-3-14)22(19,20)12-8-10(13)7-11(9-12)16(17)18/h7-9H,2,4-6H2,1H3. The van der Waals surface area contributed by atoms with Crippen LogP contribution < -0.4 is 0 Å². The quantitative estimate of drug-likeness (QED) is 0.493. The highest BCUT2D eigenvalue weighted by atomic mass is 79.9. The molecule has 10 heteroatoms. The number of non-ortho nitro benzene ring substituents is 1. The molecule has 22 heavy (non-hydrogen) atoms. The van der Waals surface area contributed by atoms with E-state index in [9.17, 15) is 18.5 Å². The van der Waals surface area contributed by atoms with E-state index < -0.39 is 14.9 Å². The molecule has 0 amide bonds. The molecule has 0 saturated heterocycles. The molecule has 0 aromatic heterocycles. The summed E-state index contributed by atoms with van der Waals surface area (Å²) in [5, 5.41) is 19.5. The number of hydrogen-bond acceptors (Lipinski definition) is 6. The molecule has 1 aromatic rings. The first-order valence-corrected chi connectivity index (χ1v) is 8.37. The Labute approximate surface area is 136 Å². The molecule has 1 aromatic carbocycles. The Morgan fingerprint density at radius 2 is 2.09 bits per heavy atom. The van der Waals surface area contributed by atoms with Crippen molar-refractivity contribution in [2.45, 2.75) is 11.3 Å². The van der Waals surface area contributed by atoms with Gasteiger partial charge in [0.15, 0.2) is 0 Å². The van der Waals surface area contributed by atoms with E-state index in [0.29, 0.717) is 0 Å². The summed E-state index contributed by atoms with van der Waals surface area (Å²) in [4.78, 5) is 9.99. The number of rotatable bonds is 8. The first kappa shape index (κ1) is 18.5. The van der Waals surface area contributed by atoms with Gasteiger partial charge in [-0.25, -0.2) is 8.42 Å². The van der Waals surface area contributed by atoms with Gasteiger partial charge in [0.05, 0.1) is 22.5 Å². The van der Waals surface area contributed by atoms with Gasteiger partial charge in [-0.05, 0) is 6.07 Å². The third kappa shape index (κ3) is 4.74. The highest BCUT2D eigenvalue weighted by molar-refractivity contribution is 9.10. The second-order valence-electron chi connectivity index (χ2n) is 4.21. The number of halogens is 1. The maximum Gasteiger partial charge on any atom is 0.271 e. The fourth-order valence-electron chi connectivity index (χ4n) is 1.67. The van der Waals surface area contributed by atoms with Crippen LogP contribution in [0.15, 0.2) is 27.6 Å². The SMILES string of the molecule is COCCN(CCC#N)S(=O)(=O)c1cc(Br)cc([N+](=O)[O-])c1. The zero-order chi connectivity index (χ0) is 16.8. The summed E-state index contributed by atoms with van der Waals surface area (Å²) in [6, 6.07) is 5.37. The maximum atomic E-state index is 12.6. The number of ether oxygens (including phenoxy) is 1. The Bertz CT molecular complexity index is 686. The van der Waals surface area contributed by atoms with E-state index in [2.05, 4.69) is 15.9 Å². The van der Waals surface area contributed by atoms with Crippen LogP contribution >= 0.6 is 15.9 Å². The van der Waals surface area contributed by atoms with Crippen molar-refractivity contribution in [3.8, 4) is 6.07 Å². The van der Waals surface area contributed by atoms with Crippen LogP contribution in [0.3, 0.4) is 0 Å². The second kappa shape index (κ2) is 8.19. The molecule has 0 aliphatic carbocycles. The average Bonchev–Trinajstić information content (AvgIpc) is 2.46. The number of benzene rings is 1. The lowest BCUT2D eigenvalue weighted by Gasteiger charge is -2.20. The van der Waals surface area contributed by atoms with Gasteiger partial charge in [-0.2, -0.15) is 9.57 Å². The molecular formula is C12H14BrN3O5S. The number of nitrogens with zero attached hydrogens (tertiary/aromatic N) is 3. The van der Waals surface area contributed by atoms with Crippen molar-refractivity contribution in [2.24, 2.45) is 0 Å². The highest BCUT2D eigenvalue weighted by Gasteiger charge is 2.26. The van der Waals surface area contributed by atoms with E-state index in [-0.39, 0.29) is 41.2 Å². The number of sulfonamides is 1. The van der Waals surface area contributed by atoms with Crippen molar-refractivity contribution in [1.29, 1.82) is 5.26 Å². The summed E-state index contributed by atoms with van der Waals surface area (Å²) in [6.07, 6.45) is 0.0129. The van der Waals surface area contributed by atoms with Crippen LogP contribution in [0.5, 0.6) is 0 Å². The van der Waals surface area contributed by atoms with Crippen LogP contribution in [0.25, 0.3) is 0 Å². The minimum absolute atomic E-state index is 0.0114. The van der Waals surface area contributed by atoms with Crippen molar-refractivity contribution in [2.75, 3.05) is 26.8 Å². The third-order valence-corrected chi connectivity index (χ3v) is 5.06. The van der Waals surface area contributed by atoms with Crippen molar-refractivity contribution in [3.05, 3.63) is 32.8 Å². The van der Waals surface area contributed by atoms with Crippen LogP contribution in [0.4, 0.5) is 5.69 Å². The number of nitro groups is 1. The van der Waals surface area contributed by atoms with Gasteiger partial charge in [0.1, 0.15) is 0 Å². The Balaban J connectivity index is 3.23. The largest absolute Gasteiger partial charge is 0.383 e. The van der Waals surface area contributed by atoms with E-state index in [1.54, 1.807) is 0 Å². The molecular weight excluding hydrogens is 378 g/mol. The third-order valence-electron chi connectivity index (χ3n) is 2.72. The van der Waals surface area contributed by atoms with Crippen LogP contribution in [0.1, 0.15) is 6.42 Å². The molecule has 0 aliphatic rings. The smallest absolute Gasteiger partial charge is 0.271 e. The monoisotopic (exact) mass is 391 g/mol. The minimum atomic E-state index is -3.96. The molecule has 1 rings (SSSR count). The summed E-state index contributed by atoms with van der Waals surface area (Å²) in [5.74, 6) is 0. The normalized spacial score (nSPS) is 11.4. The molecule has 0 N–H and O–H groups in total. The summed E-state index contributed by atoms with van der Waals surface area (Å²) in [6.45, 7) is 0.198. The Hall–Kier alpha value is -1.54. The van der Waals surface area contributed by atoms with Gasteiger partial charge in [0, 0.05) is 43.2 Å². The summed E-state index contributed by atoms with van der Waals surface area (Å²) in [5.41, 5.74) is -0.333. The minimum Gasteiger partial charge on any atom is -0.383 e. The molecule has 120 valence electrons. The maximum absolute atomic E-state index is 12.6. The van der Waals surface area contributed by atoms with Crippen molar-refractivity contribution in [1.82, 2.24) is 4.31 Å². The zero-order valence-corrected chi connectivity index (χ0v) is 14.1. The number of hydrogen-bond donors (Lipinski definition) is 0. The Kier molecular flexibility index (Phi) is 6.89. The van der Waals surface area contributed by atoms with Crippen LogP contribution in [-0.2, 0) is 14.8 Å². The molecule has 0 unspecified atom stereocenters. The first-order valence-electron chi connectivity index (χ1n) is 6.14. The predicted octanol–water partition coefficient (Wildman–Crippen LogP) is 1.91. The number of nitriles is 1. The van der Waals surface area contributed by atoms with Crippen LogP contribution in [0.2, 0.25) is 0 Å². The van der Waals surface area contributed by atoms with E-state index in [1.807, 2.05) is 6.07 Å². The van der Waals surface area contributed by atoms with E-state index in [1.165, 1.54) is 19.2 Å². The zero-order valence-electron chi connectivity index (χ0n) is 11.7. The molecule has 0 heterocycles. The molecule has 0 spiro atoms. The van der Waals surface area contributed by atoms with Gasteiger partial charge in [0.25, 0.3) is 5.69 Å². The second-order valence-corrected chi connectivity index (χ2v) is 7.06. The predicted molar refractivity (Wildman–Crippen MR) is 81.7 cm³/mol. The van der Waals surface area contributed by atoms with E-state index in [4.69, 9.17) is 10.00 Å².